The molecule has 3 N–H and O–H groups in total. The average molecular weight is 305 g/mol. The molecule has 108 valence electrons. The highest BCUT2D eigenvalue weighted by atomic mass is 35.5. The Bertz CT molecular complexity index is 704. The van der Waals surface area contributed by atoms with Crippen LogP contribution in [0, 0.1) is 0 Å². The Balaban J connectivity index is 2.14. The number of fused-ring (bicyclic) bond motifs is 1. The second-order valence-electron chi connectivity index (χ2n) is 4.34. The van der Waals surface area contributed by atoms with Crippen LogP contribution in [-0.2, 0) is 4.74 Å². The van der Waals surface area contributed by atoms with Crippen molar-refractivity contribution in [1.82, 2.24) is 19.5 Å². The largest absolute Gasteiger partial charge is 0.394 e. The number of nitrogens with zero attached hydrogens (tertiary/aromatic N) is 3. The van der Waals surface area contributed by atoms with Crippen LogP contribution in [0.4, 0.5) is 4.39 Å². The summed E-state index contributed by atoms with van der Waals surface area (Å²) in [5, 5.41) is 18.4. The van der Waals surface area contributed by atoms with E-state index in [1.165, 1.54) is 0 Å². The van der Waals surface area contributed by atoms with Crippen LogP contribution in [0.1, 0.15) is 6.23 Å². The quantitative estimate of drug-likeness (QED) is 0.636. The van der Waals surface area contributed by atoms with Gasteiger partial charge in [-0.05, 0) is 11.6 Å². The Morgan fingerprint density at radius 3 is 3.00 bits per heavy atom. The van der Waals surface area contributed by atoms with Gasteiger partial charge in [0, 0.05) is 0 Å². The predicted molar refractivity (Wildman–Crippen MR) is 65.1 cm³/mol. The van der Waals surface area contributed by atoms with Gasteiger partial charge in [-0.15, -0.1) is 0 Å². The second-order valence-corrected chi connectivity index (χ2v) is 4.68. The van der Waals surface area contributed by atoms with Gasteiger partial charge in [-0.25, -0.2) is 14.4 Å². The third-order valence-corrected chi connectivity index (χ3v) is 3.44. The fourth-order valence-electron chi connectivity index (χ4n) is 2.18. The monoisotopic (exact) mass is 304 g/mol. The first-order valence-electron chi connectivity index (χ1n) is 5.74. The lowest BCUT2D eigenvalue weighted by molar-refractivity contribution is -0.0458. The number of aliphatic hydroxyl groups excluding tert-OH is 2. The number of alkyl halides is 1. The first kappa shape index (κ1) is 13.4. The molecule has 3 rings (SSSR count). The van der Waals surface area contributed by atoms with Crippen molar-refractivity contribution in [3.63, 3.8) is 0 Å². The molecule has 3 heterocycles. The van der Waals surface area contributed by atoms with E-state index in [1.807, 2.05) is 0 Å². The SMILES string of the molecule is O=c1[nH]cnc2c1nc(Cl)n2[C@@H]1O[C@H](CO)[C@@H](O)[C@H]1F. The van der Waals surface area contributed by atoms with Gasteiger partial charge in [0.25, 0.3) is 5.56 Å². The Morgan fingerprint density at radius 2 is 2.35 bits per heavy atom. The molecule has 1 fully saturated rings. The molecule has 2 aromatic heterocycles. The van der Waals surface area contributed by atoms with Gasteiger partial charge in [0.2, 0.25) is 5.28 Å². The maximum atomic E-state index is 14.1. The van der Waals surface area contributed by atoms with Gasteiger partial charge >= 0.3 is 0 Å². The van der Waals surface area contributed by atoms with Crippen LogP contribution in [0.5, 0.6) is 0 Å². The highest BCUT2D eigenvalue weighted by molar-refractivity contribution is 6.29. The second kappa shape index (κ2) is 4.77. The van der Waals surface area contributed by atoms with Crippen LogP contribution in [0.3, 0.4) is 0 Å². The molecular formula is C10H10ClFN4O4. The maximum absolute atomic E-state index is 14.1. The van der Waals surface area contributed by atoms with Crippen molar-refractivity contribution in [2.24, 2.45) is 0 Å². The van der Waals surface area contributed by atoms with Crippen LogP contribution in [-0.4, -0.2) is 54.7 Å². The smallest absolute Gasteiger partial charge is 0.278 e. The number of imidazole rings is 1. The summed E-state index contributed by atoms with van der Waals surface area (Å²) >= 11 is 5.89. The Hall–Kier alpha value is -1.55. The lowest BCUT2D eigenvalue weighted by Crippen LogP contribution is -2.30. The molecule has 0 aliphatic carbocycles. The van der Waals surface area contributed by atoms with Crippen LogP contribution in [0.2, 0.25) is 5.28 Å². The fraction of sp³-hybridized carbons (Fsp3) is 0.500. The van der Waals surface area contributed by atoms with Crippen molar-refractivity contribution in [3.8, 4) is 0 Å². The van der Waals surface area contributed by atoms with Gasteiger partial charge in [0.15, 0.2) is 23.6 Å². The summed E-state index contributed by atoms with van der Waals surface area (Å²) in [6.07, 6.45) is -4.59. The number of ether oxygens (including phenoxy) is 1. The van der Waals surface area contributed by atoms with Gasteiger partial charge in [0.1, 0.15) is 12.2 Å². The van der Waals surface area contributed by atoms with Crippen molar-refractivity contribution >= 4 is 22.8 Å². The zero-order chi connectivity index (χ0) is 14.4. The zero-order valence-corrected chi connectivity index (χ0v) is 10.7. The third-order valence-electron chi connectivity index (χ3n) is 3.17. The minimum absolute atomic E-state index is 0.0391. The molecule has 0 saturated carbocycles. The summed E-state index contributed by atoms with van der Waals surface area (Å²) in [5.74, 6) is 0. The van der Waals surface area contributed by atoms with Crippen LogP contribution >= 0.6 is 11.6 Å². The molecule has 4 atom stereocenters. The van der Waals surface area contributed by atoms with Crippen LogP contribution < -0.4 is 5.56 Å². The van der Waals surface area contributed by atoms with E-state index in [0.29, 0.717) is 0 Å². The van der Waals surface area contributed by atoms with Gasteiger partial charge in [-0.2, -0.15) is 0 Å². The minimum Gasteiger partial charge on any atom is -0.394 e. The molecule has 0 bridgehead atoms. The molecule has 1 aliphatic rings. The van der Waals surface area contributed by atoms with Crippen LogP contribution in [0.15, 0.2) is 11.1 Å². The molecule has 10 heteroatoms. The number of rotatable bonds is 2. The Morgan fingerprint density at radius 1 is 1.60 bits per heavy atom. The number of hydrogen-bond donors (Lipinski definition) is 3. The average Bonchev–Trinajstić information content (AvgIpc) is 2.90. The van der Waals surface area contributed by atoms with E-state index in [4.69, 9.17) is 21.4 Å². The lowest BCUT2D eigenvalue weighted by atomic mass is 10.1. The molecule has 0 spiro atoms. The molecule has 0 unspecified atom stereocenters. The van der Waals surface area contributed by atoms with Crippen molar-refractivity contribution < 1.29 is 19.3 Å². The van der Waals surface area contributed by atoms with E-state index in [9.17, 15) is 14.3 Å². The van der Waals surface area contributed by atoms with E-state index >= 15 is 0 Å². The molecule has 0 radical (unpaired) electrons. The highest BCUT2D eigenvalue weighted by Crippen LogP contribution is 2.35. The number of halogens is 2. The first-order chi connectivity index (χ1) is 9.54. The topological polar surface area (TPSA) is 113 Å². The number of aromatic amines is 1. The zero-order valence-electron chi connectivity index (χ0n) is 9.90. The standard InChI is InChI=1S/C10H10ClFN4O4/c11-10-15-5-7(13-2-14-8(5)19)16(10)9-4(12)6(18)3(1-17)20-9/h2-4,6,9,17-18H,1H2,(H,13,14,19)/t3-,4-,6-,9-/m1/s1. The Labute approximate surface area is 115 Å². The van der Waals surface area contributed by atoms with E-state index in [2.05, 4.69) is 15.0 Å². The first-order valence-corrected chi connectivity index (χ1v) is 6.12. The number of nitrogens with one attached hydrogen (secondary N) is 1. The molecule has 20 heavy (non-hydrogen) atoms. The summed E-state index contributed by atoms with van der Waals surface area (Å²) < 4.78 is 20.4. The van der Waals surface area contributed by atoms with E-state index in [1.54, 1.807) is 0 Å². The van der Waals surface area contributed by atoms with Crippen molar-refractivity contribution in [2.75, 3.05) is 6.61 Å². The molecule has 1 aliphatic heterocycles. The van der Waals surface area contributed by atoms with Gasteiger partial charge in [0.05, 0.1) is 12.9 Å². The number of aliphatic hydroxyl groups is 2. The summed E-state index contributed by atoms with van der Waals surface area (Å²) in [6.45, 7) is -0.545. The number of H-pyrrole nitrogens is 1. The number of aromatic nitrogens is 4. The van der Waals surface area contributed by atoms with Gasteiger partial charge < -0.3 is 19.9 Å². The van der Waals surface area contributed by atoms with Crippen LogP contribution in [0.25, 0.3) is 11.2 Å². The maximum Gasteiger partial charge on any atom is 0.278 e. The summed E-state index contributed by atoms with van der Waals surface area (Å²) in [6, 6.07) is 0. The molecular weight excluding hydrogens is 295 g/mol. The highest BCUT2D eigenvalue weighted by Gasteiger charge is 2.46. The predicted octanol–water partition coefficient (Wildman–Crippen LogP) is -0.638. The van der Waals surface area contributed by atoms with E-state index < -0.39 is 36.8 Å². The van der Waals surface area contributed by atoms with Crippen molar-refractivity contribution in [3.05, 3.63) is 22.0 Å². The number of hydrogen-bond acceptors (Lipinski definition) is 6. The van der Waals surface area contributed by atoms with Crippen molar-refractivity contribution in [2.45, 2.75) is 24.6 Å². The normalized spacial score (nSPS) is 30.2. The molecule has 0 amide bonds. The Kier molecular flexibility index (Phi) is 3.21. The summed E-state index contributed by atoms with van der Waals surface area (Å²) in [7, 11) is 0. The minimum atomic E-state index is -1.83. The van der Waals surface area contributed by atoms with E-state index in [-0.39, 0.29) is 16.4 Å². The van der Waals surface area contributed by atoms with Gasteiger partial charge in [-0.1, -0.05) is 0 Å². The molecule has 2 aromatic rings. The van der Waals surface area contributed by atoms with Gasteiger partial charge in [-0.3, -0.25) is 9.36 Å². The fourth-order valence-corrected chi connectivity index (χ4v) is 2.44. The third kappa shape index (κ3) is 1.82. The molecule has 8 nitrogen and oxygen atoms in total. The molecule has 1 saturated heterocycles. The van der Waals surface area contributed by atoms with Crippen molar-refractivity contribution in [1.29, 1.82) is 0 Å². The van der Waals surface area contributed by atoms with E-state index in [0.717, 1.165) is 10.9 Å². The lowest BCUT2D eigenvalue weighted by Gasteiger charge is -2.15. The summed E-state index contributed by atoms with van der Waals surface area (Å²) in [4.78, 5) is 21.6. The molecule has 0 aromatic carbocycles. The summed E-state index contributed by atoms with van der Waals surface area (Å²) in [5.41, 5.74) is -0.546.